The molecule has 0 aliphatic rings. The molecular weight excluding hydrogens is 176 g/mol. The van der Waals surface area contributed by atoms with Gasteiger partial charge in [-0.1, -0.05) is 13.8 Å². The summed E-state index contributed by atoms with van der Waals surface area (Å²) in [6.07, 6.45) is 3.88. The summed E-state index contributed by atoms with van der Waals surface area (Å²) in [7, 11) is 1.66. The second-order valence-electron chi connectivity index (χ2n) is 2.72. The van der Waals surface area contributed by atoms with E-state index in [2.05, 4.69) is 4.98 Å². The first-order valence-corrected chi connectivity index (χ1v) is 4.79. The molecule has 0 N–H and O–H groups in total. The highest BCUT2D eigenvalue weighted by Crippen LogP contribution is 2.12. The average Bonchev–Trinajstić information content (AvgIpc) is 2.59. The second-order valence-corrected chi connectivity index (χ2v) is 2.72. The van der Waals surface area contributed by atoms with Crippen LogP contribution in [0.5, 0.6) is 5.75 Å². The van der Waals surface area contributed by atoms with Gasteiger partial charge in [0.05, 0.1) is 19.0 Å². The maximum Gasteiger partial charge on any atom is 0.137 e. The molecule has 2 aromatic heterocycles. The van der Waals surface area contributed by atoms with Crippen LogP contribution in [0.3, 0.4) is 0 Å². The molecule has 0 saturated heterocycles. The predicted octanol–water partition coefficient (Wildman–Crippen LogP) is 2.68. The van der Waals surface area contributed by atoms with Gasteiger partial charge in [-0.15, -0.1) is 0 Å². The van der Waals surface area contributed by atoms with Gasteiger partial charge in [-0.05, 0) is 19.1 Å². The van der Waals surface area contributed by atoms with E-state index in [-0.39, 0.29) is 0 Å². The zero-order valence-electron chi connectivity index (χ0n) is 9.11. The van der Waals surface area contributed by atoms with E-state index >= 15 is 0 Å². The molecule has 0 saturated carbocycles. The Bertz CT molecular complexity index is 407. The second kappa shape index (κ2) is 4.65. The van der Waals surface area contributed by atoms with Gasteiger partial charge in [-0.3, -0.25) is 0 Å². The SMILES string of the molecule is CC.COc1ccc2nc(C)cn2c1. The fraction of sp³-hybridized carbons (Fsp3) is 0.364. The average molecular weight is 192 g/mol. The minimum atomic E-state index is 0.847. The minimum absolute atomic E-state index is 0.847. The monoisotopic (exact) mass is 192 g/mol. The van der Waals surface area contributed by atoms with E-state index in [9.17, 15) is 0 Å². The number of imidazole rings is 1. The molecule has 0 aliphatic heterocycles. The third-order valence-electron chi connectivity index (χ3n) is 1.78. The third kappa shape index (κ3) is 2.05. The Labute approximate surface area is 84.3 Å². The van der Waals surface area contributed by atoms with E-state index in [1.807, 2.05) is 49.7 Å². The van der Waals surface area contributed by atoms with E-state index in [1.54, 1.807) is 7.11 Å². The van der Waals surface area contributed by atoms with Crippen molar-refractivity contribution in [3.8, 4) is 5.75 Å². The van der Waals surface area contributed by atoms with Gasteiger partial charge in [-0.25, -0.2) is 4.98 Å². The molecule has 76 valence electrons. The van der Waals surface area contributed by atoms with Crippen molar-refractivity contribution in [2.24, 2.45) is 0 Å². The number of pyridine rings is 1. The molecule has 2 heterocycles. The maximum atomic E-state index is 5.08. The Hall–Kier alpha value is -1.51. The molecule has 0 amide bonds. The molecule has 3 heteroatoms. The first kappa shape index (κ1) is 10.6. The largest absolute Gasteiger partial charge is 0.495 e. The number of rotatable bonds is 1. The summed E-state index contributed by atoms with van der Waals surface area (Å²) in [6, 6.07) is 3.84. The first-order valence-electron chi connectivity index (χ1n) is 4.79. The van der Waals surface area contributed by atoms with E-state index in [1.165, 1.54) is 0 Å². The zero-order chi connectivity index (χ0) is 10.6. The number of aryl methyl sites for hydroxylation is 1. The van der Waals surface area contributed by atoms with Gasteiger partial charge < -0.3 is 9.14 Å². The van der Waals surface area contributed by atoms with Crippen LogP contribution in [0.25, 0.3) is 5.65 Å². The summed E-state index contributed by atoms with van der Waals surface area (Å²) >= 11 is 0. The van der Waals surface area contributed by atoms with Crippen LogP contribution in [-0.2, 0) is 0 Å². The molecule has 0 aliphatic carbocycles. The van der Waals surface area contributed by atoms with Crippen molar-refractivity contribution in [2.75, 3.05) is 7.11 Å². The topological polar surface area (TPSA) is 26.5 Å². The molecule has 0 fully saturated rings. The number of hydrogen-bond acceptors (Lipinski definition) is 2. The molecule has 2 aromatic rings. The van der Waals surface area contributed by atoms with E-state index < -0.39 is 0 Å². The number of nitrogens with zero attached hydrogens (tertiary/aromatic N) is 2. The van der Waals surface area contributed by atoms with Crippen molar-refractivity contribution in [3.05, 3.63) is 30.2 Å². The molecule has 3 nitrogen and oxygen atoms in total. The molecule has 0 atom stereocenters. The Kier molecular flexibility index (Phi) is 3.51. The highest BCUT2D eigenvalue weighted by Gasteiger charge is 1.97. The van der Waals surface area contributed by atoms with E-state index in [0.29, 0.717) is 0 Å². The first-order chi connectivity index (χ1) is 6.79. The Morgan fingerprint density at radius 1 is 1.21 bits per heavy atom. The molecule has 0 radical (unpaired) electrons. The molecule has 0 unspecified atom stereocenters. The quantitative estimate of drug-likeness (QED) is 0.694. The number of hydrogen-bond donors (Lipinski definition) is 0. The summed E-state index contributed by atoms with van der Waals surface area (Å²) in [4.78, 5) is 4.30. The summed E-state index contributed by atoms with van der Waals surface area (Å²) in [5.41, 5.74) is 1.97. The lowest BCUT2D eigenvalue weighted by Gasteiger charge is -1.98. The number of methoxy groups -OCH3 is 1. The van der Waals surface area contributed by atoms with Crippen molar-refractivity contribution in [1.29, 1.82) is 0 Å². The van der Waals surface area contributed by atoms with Gasteiger partial charge in [0.25, 0.3) is 0 Å². The fourth-order valence-corrected chi connectivity index (χ4v) is 1.22. The third-order valence-corrected chi connectivity index (χ3v) is 1.78. The van der Waals surface area contributed by atoms with Crippen molar-refractivity contribution >= 4 is 5.65 Å². The van der Waals surface area contributed by atoms with Crippen LogP contribution in [0.15, 0.2) is 24.5 Å². The lowest BCUT2D eigenvalue weighted by molar-refractivity contribution is 0.412. The summed E-state index contributed by atoms with van der Waals surface area (Å²) in [5.74, 6) is 0.847. The van der Waals surface area contributed by atoms with Gasteiger partial charge in [0.2, 0.25) is 0 Å². The molecule has 0 bridgehead atoms. The van der Waals surface area contributed by atoms with Crippen molar-refractivity contribution < 1.29 is 4.74 Å². The van der Waals surface area contributed by atoms with E-state index in [4.69, 9.17) is 4.74 Å². The van der Waals surface area contributed by atoms with Crippen LogP contribution in [-0.4, -0.2) is 16.5 Å². The van der Waals surface area contributed by atoms with Crippen molar-refractivity contribution in [3.63, 3.8) is 0 Å². The fourth-order valence-electron chi connectivity index (χ4n) is 1.22. The standard InChI is InChI=1S/C9H10N2O.C2H6/c1-7-5-11-6-8(12-2)3-4-9(11)10-7;1-2/h3-6H,1-2H3;1-2H3. The lowest BCUT2D eigenvalue weighted by atomic mass is 10.4. The van der Waals surface area contributed by atoms with Crippen molar-refractivity contribution in [1.82, 2.24) is 9.38 Å². The molecule has 0 aromatic carbocycles. The Morgan fingerprint density at radius 2 is 1.93 bits per heavy atom. The van der Waals surface area contributed by atoms with Gasteiger partial charge in [0, 0.05) is 6.20 Å². The lowest BCUT2D eigenvalue weighted by Crippen LogP contribution is -1.86. The highest BCUT2D eigenvalue weighted by atomic mass is 16.5. The molecule has 2 rings (SSSR count). The van der Waals surface area contributed by atoms with Crippen LogP contribution < -0.4 is 4.74 Å². The van der Waals surface area contributed by atoms with Gasteiger partial charge in [0.15, 0.2) is 0 Å². The van der Waals surface area contributed by atoms with Gasteiger partial charge in [0.1, 0.15) is 11.4 Å². The number of ether oxygens (including phenoxy) is 1. The van der Waals surface area contributed by atoms with E-state index in [0.717, 1.165) is 17.1 Å². The predicted molar refractivity (Wildman–Crippen MR) is 57.8 cm³/mol. The Morgan fingerprint density at radius 3 is 2.57 bits per heavy atom. The summed E-state index contributed by atoms with van der Waals surface area (Å²) in [6.45, 7) is 5.97. The molecule has 14 heavy (non-hydrogen) atoms. The summed E-state index contributed by atoms with van der Waals surface area (Å²) in [5, 5.41) is 0. The van der Waals surface area contributed by atoms with Crippen LogP contribution in [0.1, 0.15) is 19.5 Å². The summed E-state index contributed by atoms with van der Waals surface area (Å²) < 4.78 is 7.04. The van der Waals surface area contributed by atoms with Crippen LogP contribution >= 0.6 is 0 Å². The number of aromatic nitrogens is 2. The smallest absolute Gasteiger partial charge is 0.137 e. The van der Waals surface area contributed by atoms with Gasteiger partial charge in [-0.2, -0.15) is 0 Å². The van der Waals surface area contributed by atoms with Crippen LogP contribution in [0.4, 0.5) is 0 Å². The Balaban J connectivity index is 0.000000461. The molecule has 0 spiro atoms. The highest BCUT2D eigenvalue weighted by molar-refractivity contribution is 5.42. The number of fused-ring (bicyclic) bond motifs is 1. The van der Waals surface area contributed by atoms with Crippen molar-refractivity contribution in [2.45, 2.75) is 20.8 Å². The van der Waals surface area contributed by atoms with Crippen LogP contribution in [0.2, 0.25) is 0 Å². The van der Waals surface area contributed by atoms with Crippen LogP contribution in [0, 0.1) is 6.92 Å². The zero-order valence-corrected chi connectivity index (χ0v) is 9.11. The minimum Gasteiger partial charge on any atom is -0.495 e. The normalized spacial score (nSPS) is 9.43. The maximum absolute atomic E-state index is 5.08. The molecular formula is C11H16N2O. The van der Waals surface area contributed by atoms with Gasteiger partial charge >= 0.3 is 0 Å².